The zero-order chi connectivity index (χ0) is 14.6. The molecule has 1 heterocycles. The van der Waals surface area contributed by atoms with E-state index in [4.69, 9.17) is 5.84 Å². The van der Waals surface area contributed by atoms with E-state index in [9.17, 15) is 8.42 Å². The van der Waals surface area contributed by atoms with E-state index in [1.165, 1.54) is 38.4 Å². The number of hydrogen-bond donors (Lipinski definition) is 2. The van der Waals surface area contributed by atoms with Crippen LogP contribution in [0.5, 0.6) is 0 Å². The van der Waals surface area contributed by atoms with Gasteiger partial charge in [0.05, 0.1) is 17.5 Å². The topological polar surface area (TPSA) is 90.0 Å². The van der Waals surface area contributed by atoms with E-state index >= 15 is 0 Å². The highest BCUT2D eigenvalue weighted by molar-refractivity contribution is 7.90. The molecule has 20 heavy (non-hydrogen) atoms. The van der Waals surface area contributed by atoms with Crippen molar-refractivity contribution in [2.75, 3.05) is 12.0 Å². The Morgan fingerprint density at radius 2 is 2.15 bits per heavy atom. The Labute approximate surface area is 120 Å². The molecule has 0 bridgehead atoms. The Balaban J connectivity index is 1.97. The van der Waals surface area contributed by atoms with E-state index in [2.05, 4.69) is 10.5 Å². The van der Waals surface area contributed by atoms with Crippen molar-refractivity contribution in [2.24, 2.45) is 5.84 Å². The molecule has 1 aromatic rings. The predicted molar refractivity (Wildman–Crippen MR) is 78.9 cm³/mol. The monoisotopic (exact) mass is 300 g/mol. The first-order chi connectivity index (χ1) is 9.48. The fourth-order valence-electron chi connectivity index (χ4n) is 2.82. The summed E-state index contributed by atoms with van der Waals surface area (Å²) in [5.74, 6) is 5.46. The maximum absolute atomic E-state index is 11.3. The second-order valence-corrected chi connectivity index (χ2v) is 7.92. The van der Waals surface area contributed by atoms with Crippen LogP contribution in [0, 0.1) is 0 Å². The lowest BCUT2D eigenvalue weighted by Crippen LogP contribution is -2.41. The van der Waals surface area contributed by atoms with Crippen molar-refractivity contribution in [3.63, 3.8) is 0 Å². The first-order valence-electron chi connectivity index (χ1n) is 7.16. The molecular weight excluding hydrogens is 276 g/mol. The molecule has 1 aromatic heterocycles. The van der Waals surface area contributed by atoms with Gasteiger partial charge in [-0.2, -0.15) is 5.10 Å². The van der Waals surface area contributed by atoms with E-state index in [1.807, 2.05) is 16.9 Å². The average Bonchev–Trinajstić information content (AvgIpc) is 2.86. The summed E-state index contributed by atoms with van der Waals surface area (Å²) in [5.41, 5.74) is 3.46. The lowest BCUT2D eigenvalue weighted by molar-refractivity contribution is 0.327. The molecule has 6 nitrogen and oxygen atoms in total. The Hall–Kier alpha value is -0.920. The van der Waals surface area contributed by atoms with Crippen LogP contribution in [0.25, 0.3) is 0 Å². The van der Waals surface area contributed by atoms with Crippen LogP contribution < -0.4 is 11.3 Å². The van der Waals surface area contributed by atoms with Crippen molar-refractivity contribution in [1.29, 1.82) is 0 Å². The fraction of sp³-hybridized carbons (Fsp3) is 0.769. The van der Waals surface area contributed by atoms with Gasteiger partial charge in [0, 0.05) is 24.9 Å². The van der Waals surface area contributed by atoms with Gasteiger partial charge in [-0.05, 0) is 18.9 Å². The van der Waals surface area contributed by atoms with E-state index in [1.54, 1.807) is 0 Å². The third kappa shape index (κ3) is 4.57. The summed E-state index contributed by atoms with van der Waals surface area (Å²) in [4.78, 5) is 0. The standard InChI is InChI=1S/C13H24N4O2S/c1-20(18,19)10-12(15-14)9-11-7-8-17(16-11)13-5-3-2-4-6-13/h7-8,12-13,15H,2-6,9-10,14H2,1H3. The first kappa shape index (κ1) is 15.5. The number of nitrogens with one attached hydrogen (secondary N) is 1. The van der Waals surface area contributed by atoms with Crippen LogP contribution in [0.2, 0.25) is 0 Å². The van der Waals surface area contributed by atoms with Crippen LogP contribution in [-0.2, 0) is 16.3 Å². The summed E-state index contributed by atoms with van der Waals surface area (Å²) in [7, 11) is -3.05. The maximum Gasteiger partial charge on any atom is 0.149 e. The normalized spacial score (nSPS) is 19.1. The molecule has 1 atom stereocenters. The van der Waals surface area contributed by atoms with Gasteiger partial charge in [-0.1, -0.05) is 19.3 Å². The molecule has 1 saturated carbocycles. The van der Waals surface area contributed by atoms with Crippen molar-refractivity contribution in [3.05, 3.63) is 18.0 Å². The van der Waals surface area contributed by atoms with Crippen LogP contribution in [0.1, 0.15) is 43.8 Å². The Kier molecular flexibility index (Phi) is 5.17. The lowest BCUT2D eigenvalue weighted by atomic mass is 9.96. The summed E-state index contributed by atoms with van der Waals surface area (Å²) in [6.45, 7) is 0. The largest absolute Gasteiger partial charge is 0.271 e. The smallest absolute Gasteiger partial charge is 0.149 e. The molecule has 1 aliphatic carbocycles. The summed E-state index contributed by atoms with van der Waals surface area (Å²) in [6, 6.07) is 2.16. The van der Waals surface area contributed by atoms with Gasteiger partial charge in [0.25, 0.3) is 0 Å². The van der Waals surface area contributed by atoms with Crippen molar-refractivity contribution in [2.45, 2.75) is 50.6 Å². The number of hydrazine groups is 1. The van der Waals surface area contributed by atoms with Gasteiger partial charge in [-0.25, -0.2) is 8.42 Å². The first-order valence-corrected chi connectivity index (χ1v) is 9.22. The molecular formula is C13H24N4O2S. The molecule has 2 rings (SSSR count). The van der Waals surface area contributed by atoms with Crippen molar-refractivity contribution in [1.82, 2.24) is 15.2 Å². The SMILES string of the molecule is CS(=O)(=O)CC(Cc1ccn(C2CCCCC2)n1)NN. The molecule has 0 amide bonds. The van der Waals surface area contributed by atoms with E-state index in [0.717, 1.165) is 5.69 Å². The van der Waals surface area contributed by atoms with Gasteiger partial charge < -0.3 is 0 Å². The number of nitrogens with two attached hydrogens (primary N) is 1. The van der Waals surface area contributed by atoms with Gasteiger partial charge in [0.1, 0.15) is 9.84 Å². The minimum atomic E-state index is -3.05. The molecule has 0 spiro atoms. The van der Waals surface area contributed by atoms with Gasteiger partial charge in [-0.3, -0.25) is 16.0 Å². The summed E-state index contributed by atoms with van der Waals surface area (Å²) in [5, 5.41) is 4.58. The van der Waals surface area contributed by atoms with Crippen LogP contribution in [-0.4, -0.2) is 36.2 Å². The maximum atomic E-state index is 11.3. The molecule has 3 N–H and O–H groups in total. The molecule has 1 aliphatic rings. The highest BCUT2D eigenvalue weighted by Crippen LogP contribution is 2.27. The molecule has 1 fully saturated rings. The number of rotatable bonds is 6. The van der Waals surface area contributed by atoms with E-state index in [0.29, 0.717) is 12.5 Å². The Morgan fingerprint density at radius 3 is 2.75 bits per heavy atom. The van der Waals surface area contributed by atoms with Gasteiger partial charge >= 0.3 is 0 Å². The minimum Gasteiger partial charge on any atom is -0.271 e. The summed E-state index contributed by atoms with van der Waals surface area (Å²) >= 11 is 0. The second-order valence-electron chi connectivity index (χ2n) is 5.74. The van der Waals surface area contributed by atoms with Crippen LogP contribution in [0.3, 0.4) is 0 Å². The Morgan fingerprint density at radius 1 is 1.45 bits per heavy atom. The minimum absolute atomic E-state index is 0.0276. The van der Waals surface area contributed by atoms with E-state index in [-0.39, 0.29) is 11.8 Å². The fourth-order valence-corrected chi connectivity index (χ4v) is 3.76. The zero-order valence-electron chi connectivity index (χ0n) is 12.0. The van der Waals surface area contributed by atoms with Crippen LogP contribution in [0.4, 0.5) is 0 Å². The molecule has 0 saturated heterocycles. The third-order valence-electron chi connectivity index (χ3n) is 3.81. The molecule has 0 radical (unpaired) electrons. The average molecular weight is 300 g/mol. The third-order valence-corrected chi connectivity index (χ3v) is 4.82. The van der Waals surface area contributed by atoms with Crippen molar-refractivity contribution >= 4 is 9.84 Å². The molecule has 7 heteroatoms. The Bertz CT molecular complexity index is 520. The van der Waals surface area contributed by atoms with E-state index < -0.39 is 9.84 Å². The highest BCUT2D eigenvalue weighted by atomic mass is 32.2. The molecule has 1 unspecified atom stereocenters. The zero-order valence-corrected chi connectivity index (χ0v) is 12.8. The van der Waals surface area contributed by atoms with Crippen LogP contribution in [0.15, 0.2) is 12.3 Å². The van der Waals surface area contributed by atoms with Gasteiger partial charge in [-0.15, -0.1) is 0 Å². The second kappa shape index (κ2) is 6.69. The van der Waals surface area contributed by atoms with Crippen LogP contribution >= 0.6 is 0 Å². The highest BCUT2D eigenvalue weighted by Gasteiger charge is 2.18. The number of aromatic nitrogens is 2. The summed E-state index contributed by atoms with van der Waals surface area (Å²) < 4.78 is 24.7. The molecule has 0 aromatic carbocycles. The van der Waals surface area contributed by atoms with Crippen molar-refractivity contribution in [3.8, 4) is 0 Å². The molecule has 0 aliphatic heterocycles. The van der Waals surface area contributed by atoms with Gasteiger partial charge in [0.15, 0.2) is 0 Å². The number of sulfone groups is 1. The van der Waals surface area contributed by atoms with Crippen molar-refractivity contribution < 1.29 is 8.42 Å². The quantitative estimate of drug-likeness (QED) is 0.599. The summed E-state index contributed by atoms with van der Waals surface area (Å²) in [6.07, 6.45) is 9.96. The number of hydrogen-bond acceptors (Lipinski definition) is 5. The lowest BCUT2D eigenvalue weighted by Gasteiger charge is -2.22. The number of nitrogens with zero attached hydrogens (tertiary/aromatic N) is 2. The molecule has 114 valence electrons. The van der Waals surface area contributed by atoms with Gasteiger partial charge in [0.2, 0.25) is 0 Å². The predicted octanol–water partition coefficient (Wildman–Crippen LogP) is 0.807.